The molecule has 0 N–H and O–H groups in total. The highest BCUT2D eigenvalue weighted by Crippen LogP contribution is 2.15. The van der Waals surface area contributed by atoms with Gasteiger partial charge in [0.05, 0.1) is 5.39 Å². The van der Waals surface area contributed by atoms with Gasteiger partial charge in [-0.1, -0.05) is 48.5 Å². The Kier molecular flexibility index (Phi) is 4.19. The number of carbonyl (C=O) groups is 1. The van der Waals surface area contributed by atoms with E-state index in [4.69, 9.17) is 4.74 Å². The van der Waals surface area contributed by atoms with Crippen molar-refractivity contribution in [1.29, 1.82) is 0 Å². The molecule has 0 amide bonds. The van der Waals surface area contributed by atoms with Crippen LogP contribution < -0.4 is 5.56 Å². The van der Waals surface area contributed by atoms with E-state index in [1.807, 2.05) is 37.3 Å². The maximum Gasteiger partial charge on any atom is 0.359 e. The molecule has 0 atom stereocenters. The minimum atomic E-state index is -0.535. The third-order valence-corrected chi connectivity index (χ3v) is 3.57. The van der Waals surface area contributed by atoms with E-state index >= 15 is 0 Å². The van der Waals surface area contributed by atoms with E-state index < -0.39 is 5.97 Å². The van der Waals surface area contributed by atoms with Crippen molar-refractivity contribution in [2.45, 2.75) is 20.1 Å². The van der Waals surface area contributed by atoms with Crippen LogP contribution in [0.5, 0.6) is 0 Å². The molecule has 3 rings (SSSR count). The summed E-state index contributed by atoms with van der Waals surface area (Å²) in [5.74, 6) is -0.535. The number of ether oxygens (including phenoxy) is 1. The van der Waals surface area contributed by atoms with Crippen LogP contribution in [0.3, 0.4) is 0 Å². The minimum absolute atomic E-state index is 0.165. The third kappa shape index (κ3) is 2.99. The Morgan fingerprint density at radius 3 is 2.39 bits per heavy atom. The van der Waals surface area contributed by atoms with Gasteiger partial charge in [-0.05, 0) is 18.6 Å². The van der Waals surface area contributed by atoms with Crippen LogP contribution in [0.1, 0.15) is 23.0 Å². The summed E-state index contributed by atoms with van der Waals surface area (Å²) in [7, 11) is 0. The quantitative estimate of drug-likeness (QED) is 0.695. The lowest BCUT2D eigenvalue weighted by Gasteiger charge is -2.09. The number of nitrogens with zero attached hydrogens (tertiary/aromatic N) is 2. The second-order valence-corrected chi connectivity index (χ2v) is 5.08. The van der Waals surface area contributed by atoms with Gasteiger partial charge in [0.2, 0.25) is 0 Å². The molecule has 3 aromatic rings. The van der Waals surface area contributed by atoms with Crippen LogP contribution in [0, 0.1) is 0 Å². The lowest BCUT2D eigenvalue weighted by molar-refractivity contribution is 0.0465. The number of rotatable bonds is 4. The van der Waals surface area contributed by atoms with Crippen molar-refractivity contribution >= 4 is 16.7 Å². The molecule has 0 aliphatic heterocycles. The summed E-state index contributed by atoms with van der Waals surface area (Å²) in [5.41, 5.74) is 0.856. The Balaban J connectivity index is 1.97. The summed E-state index contributed by atoms with van der Waals surface area (Å²) >= 11 is 0. The van der Waals surface area contributed by atoms with E-state index in [1.165, 1.54) is 4.68 Å². The van der Waals surface area contributed by atoms with Gasteiger partial charge in [-0.2, -0.15) is 5.10 Å². The molecule has 23 heavy (non-hydrogen) atoms. The summed E-state index contributed by atoms with van der Waals surface area (Å²) in [6.07, 6.45) is 0. The first-order chi connectivity index (χ1) is 11.2. The molecular weight excluding hydrogens is 292 g/mol. The Morgan fingerprint density at radius 2 is 1.70 bits per heavy atom. The van der Waals surface area contributed by atoms with Crippen molar-refractivity contribution in [3.63, 3.8) is 0 Å². The zero-order chi connectivity index (χ0) is 16.2. The van der Waals surface area contributed by atoms with E-state index in [1.54, 1.807) is 24.3 Å². The molecule has 2 aromatic carbocycles. The first-order valence-electron chi connectivity index (χ1n) is 7.41. The minimum Gasteiger partial charge on any atom is -0.456 e. The van der Waals surface area contributed by atoms with Crippen LogP contribution in [0.4, 0.5) is 0 Å². The van der Waals surface area contributed by atoms with Crippen LogP contribution in [0.15, 0.2) is 59.4 Å². The highest BCUT2D eigenvalue weighted by atomic mass is 16.5. The Bertz CT molecular complexity index is 901. The number of aryl methyl sites for hydroxylation is 1. The lowest BCUT2D eigenvalue weighted by atomic mass is 10.1. The molecule has 1 aromatic heterocycles. The highest BCUT2D eigenvalue weighted by molar-refractivity contribution is 6.02. The van der Waals surface area contributed by atoms with Crippen LogP contribution in [0.2, 0.25) is 0 Å². The van der Waals surface area contributed by atoms with Gasteiger partial charge in [0.15, 0.2) is 5.69 Å². The van der Waals surface area contributed by atoms with Crippen molar-refractivity contribution in [1.82, 2.24) is 9.78 Å². The number of esters is 1. The number of fused-ring (bicyclic) bond motifs is 1. The Morgan fingerprint density at radius 1 is 1.04 bits per heavy atom. The average molecular weight is 308 g/mol. The van der Waals surface area contributed by atoms with Crippen LogP contribution in [-0.4, -0.2) is 15.7 Å². The predicted octanol–water partition coefficient (Wildman–Crippen LogP) is 2.77. The van der Waals surface area contributed by atoms with Crippen molar-refractivity contribution < 1.29 is 9.53 Å². The van der Waals surface area contributed by atoms with Gasteiger partial charge in [-0.15, -0.1) is 0 Å². The van der Waals surface area contributed by atoms with Gasteiger partial charge in [0.1, 0.15) is 6.61 Å². The summed E-state index contributed by atoms with van der Waals surface area (Å²) in [4.78, 5) is 24.7. The summed E-state index contributed by atoms with van der Waals surface area (Å²) in [5, 5.41) is 5.14. The molecule has 0 spiro atoms. The Labute approximate surface area is 133 Å². The molecule has 5 heteroatoms. The highest BCUT2D eigenvalue weighted by Gasteiger charge is 2.17. The standard InChI is InChI=1S/C18H16N2O3/c1-2-20-17(21)15-11-7-6-10-14(15)16(19-20)18(22)23-12-13-8-4-3-5-9-13/h3-11H,2,12H2,1H3. The van der Waals surface area contributed by atoms with Gasteiger partial charge in [0, 0.05) is 11.9 Å². The molecule has 5 nitrogen and oxygen atoms in total. The number of benzene rings is 2. The van der Waals surface area contributed by atoms with Crippen LogP contribution in [0.25, 0.3) is 10.8 Å². The van der Waals surface area contributed by atoms with Crippen molar-refractivity contribution in [2.24, 2.45) is 0 Å². The monoisotopic (exact) mass is 308 g/mol. The van der Waals surface area contributed by atoms with E-state index in [0.717, 1.165) is 5.56 Å². The predicted molar refractivity (Wildman–Crippen MR) is 87.2 cm³/mol. The maximum atomic E-state index is 12.4. The fourth-order valence-electron chi connectivity index (χ4n) is 2.39. The SMILES string of the molecule is CCn1nc(C(=O)OCc2ccccc2)c2ccccc2c1=O. The number of aromatic nitrogens is 2. The first kappa shape index (κ1) is 15.0. The molecule has 0 fully saturated rings. The molecule has 0 unspecified atom stereocenters. The van der Waals surface area contributed by atoms with Crippen LogP contribution >= 0.6 is 0 Å². The van der Waals surface area contributed by atoms with Gasteiger partial charge in [-0.3, -0.25) is 4.79 Å². The average Bonchev–Trinajstić information content (AvgIpc) is 2.61. The van der Waals surface area contributed by atoms with E-state index in [9.17, 15) is 9.59 Å². The second kappa shape index (κ2) is 6.44. The second-order valence-electron chi connectivity index (χ2n) is 5.08. The molecule has 0 radical (unpaired) electrons. The van der Waals surface area contributed by atoms with Crippen LogP contribution in [-0.2, 0) is 17.9 Å². The molecule has 0 aliphatic rings. The van der Waals surface area contributed by atoms with Crippen molar-refractivity contribution in [2.75, 3.05) is 0 Å². The van der Waals surface area contributed by atoms with Gasteiger partial charge in [0.25, 0.3) is 5.56 Å². The summed E-state index contributed by atoms with van der Waals surface area (Å²) in [6.45, 7) is 2.37. The van der Waals surface area contributed by atoms with Crippen molar-refractivity contribution in [3.05, 3.63) is 76.2 Å². The molecule has 0 saturated heterocycles. The number of hydrogen-bond acceptors (Lipinski definition) is 4. The van der Waals surface area contributed by atoms with Crippen molar-refractivity contribution in [3.8, 4) is 0 Å². The molecule has 0 aliphatic carbocycles. The molecule has 0 saturated carbocycles. The smallest absolute Gasteiger partial charge is 0.359 e. The lowest BCUT2D eigenvalue weighted by Crippen LogP contribution is -2.25. The van der Waals surface area contributed by atoms with E-state index in [2.05, 4.69) is 5.10 Å². The topological polar surface area (TPSA) is 61.2 Å². The zero-order valence-electron chi connectivity index (χ0n) is 12.7. The molecule has 116 valence electrons. The first-order valence-corrected chi connectivity index (χ1v) is 7.41. The number of carbonyl (C=O) groups excluding carboxylic acids is 1. The third-order valence-electron chi connectivity index (χ3n) is 3.57. The summed E-state index contributed by atoms with van der Waals surface area (Å²) in [6, 6.07) is 16.4. The van der Waals surface area contributed by atoms with Gasteiger partial charge < -0.3 is 4.74 Å². The largest absolute Gasteiger partial charge is 0.456 e. The molecule has 0 bridgehead atoms. The zero-order valence-corrected chi connectivity index (χ0v) is 12.7. The maximum absolute atomic E-state index is 12.4. The normalized spacial score (nSPS) is 10.7. The Hall–Kier alpha value is -2.95. The fraction of sp³-hybridized carbons (Fsp3) is 0.167. The van der Waals surface area contributed by atoms with E-state index in [-0.39, 0.29) is 17.9 Å². The molecular formula is C18H16N2O3. The number of hydrogen-bond donors (Lipinski definition) is 0. The van der Waals surface area contributed by atoms with E-state index in [0.29, 0.717) is 17.3 Å². The molecule has 1 heterocycles. The fourth-order valence-corrected chi connectivity index (χ4v) is 2.39. The van der Waals surface area contributed by atoms with Gasteiger partial charge >= 0.3 is 5.97 Å². The van der Waals surface area contributed by atoms with Gasteiger partial charge in [-0.25, -0.2) is 9.48 Å². The summed E-state index contributed by atoms with van der Waals surface area (Å²) < 4.78 is 6.62.